The molecule has 0 bridgehead atoms. The summed E-state index contributed by atoms with van der Waals surface area (Å²) in [6.07, 6.45) is 1.71. The minimum absolute atomic E-state index is 0.0269. The van der Waals surface area contributed by atoms with Crippen molar-refractivity contribution < 1.29 is 9.53 Å². The molecule has 3 nitrogen and oxygen atoms in total. The van der Waals surface area contributed by atoms with E-state index in [1.165, 1.54) is 6.92 Å². The van der Waals surface area contributed by atoms with Crippen molar-refractivity contribution in [1.82, 2.24) is 4.98 Å². The Morgan fingerprint density at radius 3 is 2.59 bits per heavy atom. The average Bonchev–Trinajstić information content (AvgIpc) is 2.39. The number of nitrogens with zero attached hydrogens (tertiary/aromatic N) is 1. The van der Waals surface area contributed by atoms with Crippen molar-refractivity contribution in [2.24, 2.45) is 0 Å². The van der Waals surface area contributed by atoms with Crippen LogP contribution in [-0.2, 0) is 0 Å². The highest BCUT2D eigenvalue weighted by Gasteiger charge is 2.07. The van der Waals surface area contributed by atoms with Gasteiger partial charge < -0.3 is 4.74 Å². The number of Topliss-reactive ketones (excluding diaryl/α,β-unsaturated/α-hetero) is 1. The SMILES string of the molecule is CC.COc1cc(C(C)=O)cc2cccnc12. The number of ketones is 1. The number of rotatable bonds is 2. The van der Waals surface area contributed by atoms with Crippen LogP contribution in [0.25, 0.3) is 10.9 Å². The molecule has 0 N–H and O–H groups in total. The summed E-state index contributed by atoms with van der Waals surface area (Å²) in [6.45, 7) is 5.54. The van der Waals surface area contributed by atoms with Crippen molar-refractivity contribution in [1.29, 1.82) is 0 Å². The van der Waals surface area contributed by atoms with Gasteiger partial charge in [0.25, 0.3) is 0 Å². The molecule has 0 atom stereocenters. The van der Waals surface area contributed by atoms with Crippen LogP contribution in [0.2, 0.25) is 0 Å². The fourth-order valence-electron chi connectivity index (χ4n) is 1.52. The van der Waals surface area contributed by atoms with Gasteiger partial charge in [-0.05, 0) is 25.1 Å². The van der Waals surface area contributed by atoms with Crippen LogP contribution in [0.15, 0.2) is 30.5 Å². The monoisotopic (exact) mass is 231 g/mol. The van der Waals surface area contributed by atoms with Gasteiger partial charge in [0.2, 0.25) is 0 Å². The third-order valence-electron chi connectivity index (χ3n) is 2.30. The van der Waals surface area contributed by atoms with Gasteiger partial charge in [0.15, 0.2) is 5.78 Å². The zero-order chi connectivity index (χ0) is 12.8. The molecule has 1 aromatic carbocycles. The molecule has 0 spiro atoms. The standard InChI is InChI=1S/C12H11NO2.C2H6/c1-8(14)10-6-9-4-3-5-13-12(9)11(7-10)15-2;1-2/h3-7H,1-2H3;1-2H3. The summed E-state index contributed by atoms with van der Waals surface area (Å²) in [5, 5.41) is 0.919. The second-order valence-corrected chi connectivity index (χ2v) is 3.31. The predicted octanol–water partition coefficient (Wildman–Crippen LogP) is 3.47. The predicted molar refractivity (Wildman–Crippen MR) is 69.6 cm³/mol. The Morgan fingerprint density at radius 2 is 2.00 bits per heavy atom. The molecule has 1 heterocycles. The number of fused-ring (bicyclic) bond motifs is 1. The number of hydrogen-bond donors (Lipinski definition) is 0. The van der Waals surface area contributed by atoms with Crippen LogP contribution < -0.4 is 4.74 Å². The van der Waals surface area contributed by atoms with Crippen molar-refractivity contribution >= 4 is 16.7 Å². The molecule has 17 heavy (non-hydrogen) atoms. The maximum Gasteiger partial charge on any atom is 0.159 e. The Bertz CT molecular complexity index is 521. The van der Waals surface area contributed by atoms with E-state index in [4.69, 9.17) is 4.74 Å². The minimum atomic E-state index is 0.0269. The van der Waals surface area contributed by atoms with E-state index in [1.807, 2.05) is 32.0 Å². The number of carbonyl (C=O) groups is 1. The highest BCUT2D eigenvalue weighted by molar-refractivity contribution is 5.99. The summed E-state index contributed by atoms with van der Waals surface area (Å²) in [5.41, 5.74) is 1.43. The smallest absolute Gasteiger partial charge is 0.159 e. The number of hydrogen-bond acceptors (Lipinski definition) is 3. The molecule has 0 radical (unpaired) electrons. The first-order valence-electron chi connectivity index (χ1n) is 5.66. The van der Waals surface area contributed by atoms with Crippen molar-refractivity contribution in [2.75, 3.05) is 7.11 Å². The lowest BCUT2D eigenvalue weighted by molar-refractivity contribution is 0.101. The summed E-state index contributed by atoms with van der Waals surface area (Å²) >= 11 is 0. The third-order valence-corrected chi connectivity index (χ3v) is 2.30. The quantitative estimate of drug-likeness (QED) is 0.743. The van der Waals surface area contributed by atoms with Gasteiger partial charge in [0, 0.05) is 17.1 Å². The largest absolute Gasteiger partial charge is 0.494 e. The van der Waals surface area contributed by atoms with E-state index in [0.29, 0.717) is 11.3 Å². The van der Waals surface area contributed by atoms with Crippen molar-refractivity contribution in [3.63, 3.8) is 0 Å². The van der Waals surface area contributed by atoms with E-state index in [2.05, 4.69) is 4.98 Å². The van der Waals surface area contributed by atoms with Gasteiger partial charge in [-0.25, -0.2) is 0 Å². The Morgan fingerprint density at radius 1 is 1.29 bits per heavy atom. The van der Waals surface area contributed by atoms with Gasteiger partial charge in [-0.2, -0.15) is 0 Å². The van der Waals surface area contributed by atoms with Gasteiger partial charge in [-0.15, -0.1) is 0 Å². The van der Waals surface area contributed by atoms with Crippen LogP contribution in [-0.4, -0.2) is 17.9 Å². The number of pyridine rings is 1. The molecule has 0 fully saturated rings. The molecule has 1 aromatic heterocycles. The Balaban J connectivity index is 0.000000686. The molecule has 2 rings (SSSR count). The molecule has 2 aromatic rings. The van der Waals surface area contributed by atoms with E-state index in [0.717, 1.165) is 10.9 Å². The topological polar surface area (TPSA) is 39.2 Å². The van der Waals surface area contributed by atoms with Gasteiger partial charge in [0.05, 0.1) is 7.11 Å². The lowest BCUT2D eigenvalue weighted by atomic mass is 10.1. The second-order valence-electron chi connectivity index (χ2n) is 3.31. The van der Waals surface area contributed by atoms with E-state index in [-0.39, 0.29) is 5.78 Å². The maximum absolute atomic E-state index is 11.3. The Labute approximate surface area is 101 Å². The summed E-state index contributed by atoms with van der Waals surface area (Å²) < 4.78 is 5.20. The first-order valence-corrected chi connectivity index (χ1v) is 5.66. The summed E-state index contributed by atoms with van der Waals surface area (Å²) in [4.78, 5) is 15.5. The third kappa shape index (κ3) is 2.81. The van der Waals surface area contributed by atoms with Gasteiger partial charge in [-0.3, -0.25) is 9.78 Å². The summed E-state index contributed by atoms with van der Waals surface area (Å²) in [7, 11) is 1.58. The van der Waals surface area contributed by atoms with E-state index in [9.17, 15) is 4.79 Å². The first kappa shape index (κ1) is 13.2. The van der Waals surface area contributed by atoms with Crippen LogP contribution >= 0.6 is 0 Å². The number of ether oxygens (including phenoxy) is 1. The lowest BCUT2D eigenvalue weighted by Crippen LogP contribution is -1.95. The lowest BCUT2D eigenvalue weighted by Gasteiger charge is -2.06. The molecule has 0 amide bonds. The average molecular weight is 231 g/mol. The zero-order valence-electron chi connectivity index (χ0n) is 10.7. The molecule has 0 aliphatic carbocycles. The molecule has 0 aliphatic heterocycles. The van der Waals surface area contributed by atoms with Crippen LogP contribution in [0.5, 0.6) is 5.75 Å². The minimum Gasteiger partial charge on any atom is -0.494 e. The molecule has 0 unspecified atom stereocenters. The molecule has 3 heteroatoms. The normalized spacial score (nSPS) is 9.41. The number of benzene rings is 1. The molecular weight excluding hydrogens is 214 g/mol. The fourth-order valence-corrected chi connectivity index (χ4v) is 1.52. The van der Waals surface area contributed by atoms with Crippen LogP contribution in [0.1, 0.15) is 31.1 Å². The maximum atomic E-state index is 11.3. The van der Waals surface area contributed by atoms with E-state index < -0.39 is 0 Å². The highest BCUT2D eigenvalue weighted by Crippen LogP contribution is 2.25. The van der Waals surface area contributed by atoms with Gasteiger partial charge in [0.1, 0.15) is 11.3 Å². The van der Waals surface area contributed by atoms with Crippen molar-refractivity contribution in [3.05, 3.63) is 36.0 Å². The number of carbonyl (C=O) groups excluding carboxylic acids is 1. The molecular formula is C14H17NO2. The van der Waals surface area contributed by atoms with Crippen LogP contribution in [0.4, 0.5) is 0 Å². The van der Waals surface area contributed by atoms with Gasteiger partial charge >= 0.3 is 0 Å². The Kier molecular flexibility index (Phi) is 4.64. The number of aromatic nitrogens is 1. The van der Waals surface area contributed by atoms with Crippen LogP contribution in [0.3, 0.4) is 0 Å². The van der Waals surface area contributed by atoms with Crippen molar-refractivity contribution in [2.45, 2.75) is 20.8 Å². The van der Waals surface area contributed by atoms with Crippen molar-refractivity contribution in [3.8, 4) is 5.75 Å². The van der Waals surface area contributed by atoms with Gasteiger partial charge in [-0.1, -0.05) is 19.9 Å². The molecule has 0 saturated heterocycles. The highest BCUT2D eigenvalue weighted by atomic mass is 16.5. The Hall–Kier alpha value is -1.90. The van der Waals surface area contributed by atoms with Crippen LogP contribution in [0, 0.1) is 0 Å². The first-order chi connectivity index (χ1) is 8.22. The van der Waals surface area contributed by atoms with E-state index in [1.54, 1.807) is 19.4 Å². The molecule has 0 saturated carbocycles. The molecule has 0 aliphatic rings. The summed E-state index contributed by atoms with van der Waals surface area (Å²) in [5.74, 6) is 0.664. The molecule has 90 valence electrons. The fraction of sp³-hybridized carbons (Fsp3) is 0.286. The second kappa shape index (κ2) is 5.99. The van der Waals surface area contributed by atoms with E-state index >= 15 is 0 Å². The summed E-state index contributed by atoms with van der Waals surface area (Å²) in [6, 6.07) is 7.30. The zero-order valence-corrected chi connectivity index (χ0v) is 10.7. The number of methoxy groups -OCH3 is 1.